The molecule has 0 aliphatic carbocycles. The lowest BCUT2D eigenvalue weighted by Gasteiger charge is -2.04. The van der Waals surface area contributed by atoms with E-state index in [0.29, 0.717) is 15.6 Å². The topological polar surface area (TPSA) is 17.1 Å². The highest BCUT2D eigenvalue weighted by Crippen LogP contribution is 2.23. The van der Waals surface area contributed by atoms with Crippen molar-refractivity contribution in [2.75, 3.05) is 0 Å². The molecule has 0 heterocycles. The normalized spacial score (nSPS) is 10.5. The summed E-state index contributed by atoms with van der Waals surface area (Å²) in [5.41, 5.74) is 1.47. The molecule has 2 aromatic rings. The summed E-state index contributed by atoms with van der Waals surface area (Å²) in [7, 11) is 0. The number of Topliss-reactive ketones (excluding diaryl/α,β-unsaturated/α-hetero) is 1. The van der Waals surface area contributed by atoms with Gasteiger partial charge >= 0.3 is 0 Å². The van der Waals surface area contributed by atoms with Gasteiger partial charge in [-0.3, -0.25) is 4.79 Å². The van der Waals surface area contributed by atoms with Gasteiger partial charge in [-0.15, -0.1) is 0 Å². The molecule has 19 heavy (non-hydrogen) atoms. The minimum absolute atomic E-state index is 0.00369. The van der Waals surface area contributed by atoms with Crippen LogP contribution in [-0.4, -0.2) is 5.78 Å². The summed E-state index contributed by atoms with van der Waals surface area (Å²) in [5, 5.41) is 0.890. The van der Waals surface area contributed by atoms with Crippen molar-refractivity contribution in [1.29, 1.82) is 0 Å². The van der Waals surface area contributed by atoms with E-state index in [0.717, 1.165) is 5.56 Å². The number of halogens is 3. The van der Waals surface area contributed by atoms with Gasteiger partial charge in [0, 0.05) is 12.8 Å². The lowest BCUT2D eigenvalue weighted by atomic mass is 10.0. The number of hydrogen-bond acceptors (Lipinski definition) is 1. The molecule has 1 nitrogen and oxygen atoms in total. The predicted molar refractivity (Wildman–Crippen MR) is 75.3 cm³/mol. The molecule has 2 aromatic carbocycles. The van der Waals surface area contributed by atoms with Crippen LogP contribution in [0.25, 0.3) is 0 Å². The van der Waals surface area contributed by atoms with Crippen LogP contribution in [0.5, 0.6) is 0 Å². The van der Waals surface area contributed by atoms with Gasteiger partial charge in [0.15, 0.2) is 0 Å². The standard InChI is InChI=1S/C15H11Cl2FO/c16-14-5-4-11(9-15(14)17)8-13(19)7-10-2-1-3-12(18)6-10/h1-6,9H,7-8H2. The third-order valence-corrected chi connectivity index (χ3v) is 3.41. The van der Waals surface area contributed by atoms with Crippen LogP contribution in [0.1, 0.15) is 11.1 Å². The van der Waals surface area contributed by atoms with Crippen molar-refractivity contribution in [2.45, 2.75) is 12.8 Å². The first-order valence-corrected chi connectivity index (χ1v) is 6.50. The molecule has 0 amide bonds. The number of carbonyl (C=O) groups excluding carboxylic acids is 1. The van der Waals surface area contributed by atoms with Gasteiger partial charge in [0.05, 0.1) is 10.0 Å². The molecule has 0 bridgehead atoms. The SMILES string of the molecule is O=C(Cc1cccc(F)c1)Cc1ccc(Cl)c(Cl)c1. The monoisotopic (exact) mass is 296 g/mol. The van der Waals surface area contributed by atoms with Crippen LogP contribution >= 0.6 is 23.2 Å². The molecule has 2 rings (SSSR count). The lowest BCUT2D eigenvalue weighted by Crippen LogP contribution is -2.06. The minimum atomic E-state index is -0.333. The maximum atomic E-state index is 13.0. The van der Waals surface area contributed by atoms with E-state index >= 15 is 0 Å². The molecule has 0 N–H and O–H groups in total. The highest BCUT2D eigenvalue weighted by molar-refractivity contribution is 6.42. The Kier molecular flexibility index (Phi) is 4.56. The molecule has 0 aromatic heterocycles. The smallest absolute Gasteiger partial charge is 0.141 e. The van der Waals surface area contributed by atoms with Gasteiger partial charge in [-0.05, 0) is 35.4 Å². The van der Waals surface area contributed by atoms with Crippen molar-refractivity contribution in [3.63, 3.8) is 0 Å². The molecule has 0 aliphatic heterocycles. The average molecular weight is 297 g/mol. The zero-order valence-corrected chi connectivity index (χ0v) is 11.5. The van der Waals surface area contributed by atoms with Crippen molar-refractivity contribution in [3.8, 4) is 0 Å². The van der Waals surface area contributed by atoms with Gasteiger partial charge in [-0.1, -0.05) is 41.4 Å². The largest absolute Gasteiger partial charge is 0.299 e. The molecule has 0 spiro atoms. The Bertz CT molecular complexity index is 611. The van der Waals surface area contributed by atoms with Gasteiger partial charge in [-0.2, -0.15) is 0 Å². The average Bonchev–Trinajstić information content (AvgIpc) is 2.34. The second-order valence-corrected chi connectivity index (χ2v) is 5.09. The number of hydrogen-bond donors (Lipinski definition) is 0. The predicted octanol–water partition coefficient (Wildman–Crippen LogP) is 4.49. The zero-order valence-electron chi connectivity index (χ0n) is 10.00. The third kappa shape index (κ3) is 4.05. The Hall–Kier alpha value is -1.38. The first kappa shape index (κ1) is 14.0. The first-order chi connectivity index (χ1) is 9.04. The van der Waals surface area contributed by atoms with Gasteiger partial charge < -0.3 is 0 Å². The maximum absolute atomic E-state index is 13.0. The fraction of sp³-hybridized carbons (Fsp3) is 0.133. The zero-order chi connectivity index (χ0) is 13.8. The summed E-state index contributed by atoms with van der Waals surface area (Å²) < 4.78 is 13.0. The van der Waals surface area contributed by atoms with Crippen molar-refractivity contribution < 1.29 is 9.18 Å². The number of benzene rings is 2. The molecule has 0 atom stereocenters. The van der Waals surface area contributed by atoms with E-state index in [1.165, 1.54) is 12.1 Å². The van der Waals surface area contributed by atoms with Crippen molar-refractivity contribution >= 4 is 29.0 Å². The Balaban J connectivity index is 2.03. The van der Waals surface area contributed by atoms with E-state index in [2.05, 4.69) is 0 Å². The molecule has 0 saturated heterocycles. The second-order valence-electron chi connectivity index (χ2n) is 4.27. The fourth-order valence-corrected chi connectivity index (χ4v) is 2.14. The Morgan fingerprint density at radius 1 is 0.947 bits per heavy atom. The van der Waals surface area contributed by atoms with Crippen molar-refractivity contribution in [1.82, 2.24) is 0 Å². The molecule has 0 fully saturated rings. The van der Waals surface area contributed by atoms with Crippen molar-refractivity contribution in [3.05, 3.63) is 69.5 Å². The molecular weight excluding hydrogens is 286 g/mol. The van der Waals surface area contributed by atoms with E-state index in [1.54, 1.807) is 30.3 Å². The maximum Gasteiger partial charge on any atom is 0.141 e. The summed E-state index contributed by atoms with van der Waals surface area (Å²) in [6.45, 7) is 0. The van der Waals surface area contributed by atoms with Gasteiger partial charge in [-0.25, -0.2) is 4.39 Å². The van der Waals surface area contributed by atoms with E-state index in [-0.39, 0.29) is 24.4 Å². The summed E-state index contributed by atoms with van der Waals surface area (Å²) in [5.74, 6) is -0.330. The number of carbonyl (C=O) groups is 1. The number of ketones is 1. The van der Waals surface area contributed by atoms with E-state index in [1.807, 2.05) is 0 Å². The molecule has 4 heteroatoms. The van der Waals surface area contributed by atoms with Crippen LogP contribution in [-0.2, 0) is 17.6 Å². The number of rotatable bonds is 4. The molecule has 0 radical (unpaired) electrons. The third-order valence-electron chi connectivity index (χ3n) is 2.68. The van der Waals surface area contributed by atoms with E-state index < -0.39 is 0 Å². The molecule has 0 unspecified atom stereocenters. The quantitative estimate of drug-likeness (QED) is 0.812. The van der Waals surface area contributed by atoms with E-state index in [4.69, 9.17) is 23.2 Å². The van der Waals surface area contributed by atoms with Gasteiger partial charge in [0.1, 0.15) is 11.6 Å². The molecular formula is C15H11Cl2FO. The van der Waals surface area contributed by atoms with Crippen LogP contribution in [0.3, 0.4) is 0 Å². The lowest BCUT2D eigenvalue weighted by molar-refractivity contribution is -0.117. The fourth-order valence-electron chi connectivity index (χ4n) is 1.81. The highest BCUT2D eigenvalue weighted by atomic mass is 35.5. The Labute approximate surface area is 121 Å². The van der Waals surface area contributed by atoms with Crippen LogP contribution in [0.2, 0.25) is 10.0 Å². The summed E-state index contributed by atoms with van der Waals surface area (Å²) in [4.78, 5) is 11.9. The second kappa shape index (κ2) is 6.18. The van der Waals surface area contributed by atoms with Crippen LogP contribution < -0.4 is 0 Å². The minimum Gasteiger partial charge on any atom is -0.299 e. The highest BCUT2D eigenvalue weighted by Gasteiger charge is 2.07. The van der Waals surface area contributed by atoms with Gasteiger partial charge in [0.25, 0.3) is 0 Å². The Morgan fingerprint density at radius 2 is 1.63 bits per heavy atom. The van der Waals surface area contributed by atoms with Crippen LogP contribution in [0.15, 0.2) is 42.5 Å². The molecule has 0 aliphatic rings. The summed E-state index contributed by atoms with van der Waals surface area (Å²) >= 11 is 11.7. The summed E-state index contributed by atoms with van der Waals surface area (Å²) in [6, 6.07) is 11.1. The summed E-state index contributed by atoms with van der Waals surface area (Å²) in [6.07, 6.45) is 0.464. The van der Waals surface area contributed by atoms with Gasteiger partial charge in [0.2, 0.25) is 0 Å². The van der Waals surface area contributed by atoms with E-state index in [9.17, 15) is 9.18 Å². The first-order valence-electron chi connectivity index (χ1n) is 5.74. The Morgan fingerprint density at radius 3 is 2.26 bits per heavy atom. The van der Waals surface area contributed by atoms with Crippen LogP contribution in [0.4, 0.5) is 4.39 Å². The molecule has 0 saturated carbocycles. The van der Waals surface area contributed by atoms with Crippen molar-refractivity contribution in [2.24, 2.45) is 0 Å². The molecule has 98 valence electrons. The van der Waals surface area contributed by atoms with Crippen LogP contribution in [0, 0.1) is 5.82 Å².